The van der Waals surface area contributed by atoms with Gasteiger partial charge in [0.05, 0.1) is 7.11 Å². The number of hydrogen-bond donors (Lipinski definition) is 1. The molecule has 0 amide bonds. The maximum absolute atomic E-state index is 6.14. The lowest BCUT2D eigenvalue weighted by atomic mass is 9.98. The third kappa shape index (κ3) is 3.72. The molecule has 0 radical (unpaired) electrons. The van der Waals surface area contributed by atoms with E-state index in [2.05, 4.69) is 47.8 Å². The van der Waals surface area contributed by atoms with Gasteiger partial charge in [-0.1, -0.05) is 41.9 Å². The van der Waals surface area contributed by atoms with Crippen molar-refractivity contribution < 1.29 is 4.74 Å². The molecular formula is C21H20ClNO. The number of rotatable bonds is 5. The lowest BCUT2D eigenvalue weighted by Gasteiger charge is -2.12. The molecule has 0 atom stereocenters. The Balaban J connectivity index is 1.93. The molecule has 0 saturated heterocycles. The van der Waals surface area contributed by atoms with Gasteiger partial charge in [0, 0.05) is 23.3 Å². The highest BCUT2D eigenvalue weighted by Gasteiger charge is 2.08. The molecule has 0 aliphatic heterocycles. The van der Waals surface area contributed by atoms with Gasteiger partial charge in [-0.2, -0.15) is 0 Å². The van der Waals surface area contributed by atoms with Crippen LogP contribution in [0.15, 0.2) is 66.7 Å². The summed E-state index contributed by atoms with van der Waals surface area (Å²) >= 11 is 6.14. The van der Waals surface area contributed by atoms with Crippen LogP contribution in [0.4, 0.5) is 5.69 Å². The second kappa shape index (κ2) is 7.41. The summed E-state index contributed by atoms with van der Waals surface area (Å²) in [5.74, 6) is 0.853. The topological polar surface area (TPSA) is 21.3 Å². The van der Waals surface area contributed by atoms with E-state index in [1.807, 2.05) is 31.3 Å². The molecule has 0 fully saturated rings. The van der Waals surface area contributed by atoms with Crippen LogP contribution >= 0.6 is 11.6 Å². The molecule has 0 spiro atoms. The van der Waals surface area contributed by atoms with Crippen LogP contribution in [0.2, 0.25) is 5.02 Å². The van der Waals surface area contributed by atoms with E-state index < -0.39 is 0 Å². The van der Waals surface area contributed by atoms with Gasteiger partial charge in [-0.15, -0.1) is 0 Å². The van der Waals surface area contributed by atoms with Crippen molar-refractivity contribution in [2.75, 3.05) is 19.5 Å². The van der Waals surface area contributed by atoms with Gasteiger partial charge in [0.1, 0.15) is 5.75 Å². The predicted octanol–water partition coefficient (Wildman–Crippen LogP) is 5.65. The maximum atomic E-state index is 6.14. The molecule has 0 unspecified atom stereocenters. The van der Waals surface area contributed by atoms with Gasteiger partial charge < -0.3 is 10.1 Å². The Morgan fingerprint density at radius 2 is 1.67 bits per heavy atom. The van der Waals surface area contributed by atoms with Gasteiger partial charge in [0.2, 0.25) is 0 Å². The molecule has 0 aromatic heterocycles. The summed E-state index contributed by atoms with van der Waals surface area (Å²) in [5.41, 5.74) is 5.75. The number of ether oxygens (including phenoxy) is 1. The number of hydrogen-bond acceptors (Lipinski definition) is 2. The zero-order chi connectivity index (χ0) is 16.9. The second-order valence-electron chi connectivity index (χ2n) is 5.67. The first-order valence-electron chi connectivity index (χ1n) is 7.89. The van der Waals surface area contributed by atoms with Crippen LogP contribution < -0.4 is 10.1 Å². The summed E-state index contributed by atoms with van der Waals surface area (Å²) in [6, 6.07) is 22.6. The number of nitrogens with one attached hydrogen (secondary N) is 1. The van der Waals surface area contributed by atoms with Crippen LogP contribution in [0.25, 0.3) is 11.1 Å². The lowest BCUT2D eigenvalue weighted by molar-refractivity contribution is 0.416. The zero-order valence-corrected chi connectivity index (χ0v) is 14.6. The normalized spacial score (nSPS) is 10.5. The molecule has 3 rings (SSSR count). The van der Waals surface area contributed by atoms with Crippen molar-refractivity contribution in [2.45, 2.75) is 6.42 Å². The molecule has 0 aliphatic carbocycles. The Morgan fingerprint density at radius 1 is 0.917 bits per heavy atom. The summed E-state index contributed by atoms with van der Waals surface area (Å²) < 4.78 is 5.52. The quantitative estimate of drug-likeness (QED) is 0.649. The monoisotopic (exact) mass is 337 g/mol. The predicted molar refractivity (Wildman–Crippen MR) is 102 cm³/mol. The second-order valence-corrected chi connectivity index (χ2v) is 6.11. The van der Waals surface area contributed by atoms with E-state index in [-0.39, 0.29) is 0 Å². The fourth-order valence-electron chi connectivity index (χ4n) is 2.77. The van der Waals surface area contributed by atoms with E-state index in [1.54, 1.807) is 7.11 Å². The molecule has 1 N–H and O–H groups in total. The average molecular weight is 338 g/mol. The first-order valence-corrected chi connectivity index (χ1v) is 8.27. The molecule has 3 aromatic carbocycles. The third-order valence-electron chi connectivity index (χ3n) is 4.05. The van der Waals surface area contributed by atoms with Gasteiger partial charge in [-0.3, -0.25) is 0 Å². The standard InChI is InChI=1S/C21H20ClNO/c1-23-19-9-6-15(7-10-19)12-16-8-11-21(24-2)20(13-16)17-4-3-5-18(22)14-17/h3-11,13-14,23H,12H2,1-2H3. The highest BCUT2D eigenvalue weighted by molar-refractivity contribution is 6.30. The highest BCUT2D eigenvalue weighted by Crippen LogP contribution is 2.33. The Bertz CT molecular complexity index is 827. The Kier molecular flexibility index (Phi) is 5.07. The minimum absolute atomic E-state index is 0.725. The summed E-state index contributed by atoms with van der Waals surface area (Å²) in [7, 11) is 3.62. The molecule has 0 aliphatic rings. The molecule has 0 heterocycles. The zero-order valence-electron chi connectivity index (χ0n) is 13.8. The van der Waals surface area contributed by atoms with Crippen molar-refractivity contribution in [1.82, 2.24) is 0 Å². The van der Waals surface area contributed by atoms with Crippen LogP contribution in [0.5, 0.6) is 5.75 Å². The van der Waals surface area contributed by atoms with Crippen molar-refractivity contribution in [3.8, 4) is 16.9 Å². The van der Waals surface area contributed by atoms with E-state index in [4.69, 9.17) is 16.3 Å². The Labute approximate surface area is 148 Å². The van der Waals surface area contributed by atoms with E-state index >= 15 is 0 Å². The van der Waals surface area contributed by atoms with Crippen molar-refractivity contribution in [3.63, 3.8) is 0 Å². The van der Waals surface area contributed by atoms with Gasteiger partial charge in [0.25, 0.3) is 0 Å². The van der Waals surface area contributed by atoms with Crippen molar-refractivity contribution in [2.24, 2.45) is 0 Å². The Hall–Kier alpha value is -2.45. The van der Waals surface area contributed by atoms with E-state index in [0.29, 0.717) is 0 Å². The van der Waals surface area contributed by atoms with Gasteiger partial charge >= 0.3 is 0 Å². The van der Waals surface area contributed by atoms with Gasteiger partial charge in [-0.05, 0) is 59.5 Å². The molecular weight excluding hydrogens is 318 g/mol. The van der Waals surface area contributed by atoms with Crippen molar-refractivity contribution in [3.05, 3.63) is 82.9 Å². The van der Waals surface area contributed by atoms with Gasteiger partial charge in [-0.25, -0.2) is 0 Å². The minimum Gasteiger partial charge on any atom is -0.496 e. The molecule has 0 saturated carbocycles. The SMILES string of the molecule is CNc1ccc(Cc2ccc(OC)c(-c3cccc(Cl)c3)c2)cc1. The van der Waals surface area contributed by atoms with Crippen LogP contribution in [0, 0.1) is 0 Å². The molecule has 24 heavy (non-hydrogen) atoms. The average Bonchev–Trinajstić information content (AvgIpc) is 2.62. The largest absolute Gasteiger partial charge is 0.496 e. The smallest absolute Gasteiger partial charge is 0.126 e. The summed E-state index contributed by atoms with van der Waals surface area (Å²) in [5, 5.41) is 3.86. The highest BCUT2D eigenvalue weighted by atomic mass is 35.5. The summed E-state index contributed by atoms with van der Waals surface area (Å²) in [6.07, 6.45) is 0.877. The number of halogens is 1. The van der Waals surface area contributed by atoms with Crippen LogP contribution in [0.1, 0.15) is 11.1 Å². The Morgan fingerprint density at radius 3 is 2.33 bits per heavy atom. The third-order valence-corrected chi connectivity index (χ3v) is 4.29. The van der Waals surface area contributed by atoms with Crippen LogP contribution in [-0.4, -0.2) is 14.2 Å². The number of anilines is 1. The molecule has 0 bridgehead atoms. The lowest BCUT2D eigenvalue weighted by Crippen LogP contribution is -1.94. The summed E-state index contributed by atoms with van der Waals surface area (Å²) in [4.78, 5) is 0. The van der Waals surface area contributed by atoms with E-state index in [9.17, 15) is 0 Å². The maximum Gasteiger partial charge on any atom is 0.126 e. The number of methoxy groups -OCH3 is 1. The molecule has 2 nitrogen and oxygen atoms in total. The van der Waals surface area contributed by atoms with E-state index in [1.165, 1.54) is 11.1 Å². The van der Waals surface area contributed by atoms with Crippen LogP contribution in [0.3, 0.4) is 0 Å². The molecule has 3 aromatic rings. The number of benzene rings is 3. The first kappa shape index (κ1) is 16.4. The molecule has 122 valence electrons. The summed E-state index contributed by atoms with van der Waals surface area (Å²) in [6.45, 7) is 0. The molecule has 3 heteroatoms. The fraction of sp³-hybridized carbons (Fsp3) is 0.143. The fourth-order valence-corrected chi connectivity index (χ4v) is 2.96. The minimum atomic E-state index is 0.725. The van der Waals surface area contributed by atoms with Crippen molar-refractivity contribution in [1.29, 1.82) is 0 Å². The van der Waals surface area contributed by atoms with Gasteiger partial charge in [0.15, 0.2) is 0 Å². The van der Waals surface area contributed by atoms with Crippen molar-refractivity contribution >= 4 is 17.3 Å². The van der Waals surface area contributed by atoms with Crippen LogP contribution in [-0.2, 0) is 6.42 Å². The first-order chi connectivity index (χ1) is 11.7. The van der Waals surface area contributed by atoms with E-state index in [0.717, 1.165) is 34.0 Å².